The van der Waals surface area contributed by atoms with Crippen LogP contribution in [0, 0.1) is 5.92 Å². The highest BCUT2D eigenvalue weighted by Gasteiger charge is 2.12. The summed E-state index contributed by atoms with van der Waals surface area (Å²) >= 11 is 1.04. The summed E-state index contributed by atoms with van der Waals surface area (Å²) in [6, 6.07) is -0.464. The van der Waals surface area contributed by atoms with Crippen molar-refractivity contribution in [2.24, 2.45) is 5.92 Å². The van der Waals surface area contributed by atoms with Crippen molar-refractivity contribution in [1.29, 1.82) is 0 Å². The molecular weight excluding hydrogens is 220 g/mol. The predicted octanol–water partition coefficient (Wildman–Crippen LogP) is 0.380. The molecule has 0 spiro atoms. The van der Waals surface area contributed by atoms with Crippen LogP contribution in [0.4, 0.5) is 9.80 Å². The molecule has 0 radical (unpaired) electrons. The molecule has 1 unspecified atom stereocenters. The topological polar surface area (TPSA) is 104 Å². The number of carbonyl (C=O) groups excluding carboxylic acids is 1. The van der Waals surface area contributed by atoms with Crippen LogP contribution in [-0.4, -0.2) is 33.2 Å². The van der Waals surface area contributed by atoms with Crippen molar-refractivity contribution >= 4 is 28.5 Å². The van der Waals surface area contributed by atoms with Crippen LogP contribution in [0.2, 0.25) is 0 Å². The molecule has 82 valence electrons. The Morgan fingerprint density at radius 1 is 1.67 bits per heavy atom. The van der Waals surface area contributed by atoms with Gasteiger partial charge in [0.25, 0.3) is 0 Å². The maximum absolute atomic E-state index is 11.2. The lowest BCUT2D eigenvalue weighted by Crippen LogP contribution is -2.34. The number of carbonyl (C=O) groups is 2. The largest absolute Gasteiger partial charge is 0.481 e. The Balaban J connectivity index is 2.28. The summed E-state index contributed by atoms with van der Waals surface area (Å²) in [5.41, 5.74) is 0. The number of aliphatic carboxylic acids is 1. The number of aromatic nitrogens is 2. The van der Waals surface area contributed by atoms with E-state index in [-0.39, 0.29) is 6.54 Å². The summed E-state index contributed by atoms with van der Waals surface area (Å²) in [5.74, 6) is -1.56. The highest BCUT2D eigenvalue weighted by Crippen LogP contribution is 2.08. The molecule has 1 aromatic heterocycles. The summed E-state index contributed by atoms with van der Waals surface area (Å²) in [6.45, 7) is 1.59. The smallest absolute Gasteiger partial charge is 0.319 e. The molecule has 3 N–H and O–H groups in total. The molecule has 0 aliphatic rings. The molecule has 8 heteroatoms. The van der Waals surface area contributed by atoms with Crippen LogP contribution in [0.25, 0.3) is 0 Å². The van der Waals surface area contributed by atoms with Crippen molar-refractivity contribution in [1.82, 2.24) is 14.9 Å². The molecule has 1 aromatic rings. The van der Waals surface area contributed by atoms with Gasteiger partial charge in [0.2, 0.25) is 0 Å². The molecular formula is C7H10N4O3S. The Hall–Kier alpha value is -1.70. The zero-order chi connectivity index (χ0) is 11.3. The van der Waals surface area contributed by atoms with Crippen LogP contribution in [-0.2, 0) is 4.79 Å². The van der Waals surface area contributed by atoms with Crippen LogP contribution in [0.15, 0.2) is 6.20 Å². The van der Waals surface area contributed by atoms with Crippen LogP contribution in [0.5, 0.6) is 0 Å². The van der Waals surface area contributed by atoms with Gasteiger partial charge in [0.15, 0.2) is 0 Å². The Kier molecular flexibility index (Phi) is 3.98. The van der Waals surface area contributed by atoms with Gasteiger partial charge in [0.1, 0.15) is 5.00 Å². The van der Waals surface area contributed by atoms with E-state index in [1.54, 1.807) is 0 Å². The lowest BCUT2D eigenvalue weighted by molar-refractivity contribution is -0.140. The van der Waals surface area contributed by atoms with Gasteiger partial charge < -0.3 is 10.4 Å². The lowest BCUT2D eigenvalue weighted by atomic mass is 10.2. The number of hydrogen-bond acceptors (Lipinski definition) is 5. The standard InChI is InChI=1S/C7H10N4O3S/c1-4(6(12)13)2-8-7(14)10-5-3-9-11-15-5/h3-4H,2H2,1H3,(H,12,13)(H2,8,10,14). The van der Waals surface area contributed by atoms with Gasteiger partial charge in [0.05, 0.1) is 12.1 Å². The molecule has 0 bridgehead atoms. The van der Waals surface area contributed by atoms with Gasteiger partial charge in [-0.1, -0.05) is 11.4 Å². The third-order valence-corrected chi connectivity index (χ3v) is 2.17. The van der Waals surface area contributed by atoms with Crippen molar-refractivity contribution in [2.75, 3.05) is 11.9 Å². The number of nitrogens with one attached hydrogen (secondary N) is 2. The van der Waals surface area contributed by atoms with E-state index in [1.807, 2.05) is 0 Å². The molecule has 15 heavy (non-hydrogen) atoms. The number of rotatable bonds is 4. The average molecular weight is 230 g/mol. The van der Waals surface area contributed by atoms with E-state index in [4.69, 9.17) is 5.11 Å². The molecule has 1 heterocycles. The number of carboxylic acids is 1. The highest BCUT2D eigenvalue weighted by molar-refractivity contribution is 7.10. The van der Waals surface area contributed by atoms with E-state index in [2.05, 4.69) is 20.2 Å². The zero-order valence-electron chi connectivity index (χ0n) is 7.93. The quantitative estimate of drug-likeness (QED) is 0.693. The molecule has 1 atom stereocenters. The van der Waals surface area contributed by atoms with Gasteiger partial charge in [-0.3, -0.25) is 10.1 Å². The second-order valence-electron chi connectivity index (χ2n) is 2.86. The molecule has 7 nitrogen and oxygen atoms in total. The SMILES string of the molecule is CC(CNC(=O)Nc1cnns1)C(=O)O. The minimum Gasteiger partial charge on any atom is -0.481 e. The van der Waals surface area contributed by atoms with E-state index in [9.17, 15) is 9.59 Å². The number of nitrogens with zero attached hydrogens (tertiary/aromatic N) is 2. The van der Waals surface area contributed by atoms with Gasteiger partial charge in [-0.05, 0) is 0 Å². The minimum atomic E-state index is -0.949. The molecule has 0 fully saturated rings. The number of hydrogen-bond donors (Lipinski definition) is 3. The van der Waals surface area contributed by atoms with Crippen molar-refractivity contribution < 1.29 is 14.7 Å². The van der Waals surface area contributed by atoms with Crippen LogP contribution in [0.1, 0.15) is 6.92 Å². The summed E-state index contributed by atoms with van der Waals surface area (Å²) in [4.78, 5) is 21.6. The maximum atomic E-state index is 11.2. The molecule has 0 aromatic carbocycles. The van der Waals surface area contributed by atoms with Crippen molar-refractivity contribution in [3.05, 3.63) is 6.20 Å². The Bertz CT molecular complexity index is 340. The van der Waals surface area contributed by atoms with Gasteiger partial charge in [0, 0.05) is 18.1 Å². The van der Waals surface area contributed by atoms with E-state index in [0.717, 1.165) is 11.5 Å². The normalized spacial score (nSPS) is 11.8. The molecule has 0 saturated carbocycles. The molecule has 2 amide bonds. The van der Waals surface area contributed by atoms with Gasteiger partial charge in [-0.25, -0.2) is 4.79 Å². The fraction of sp³-hybridized carbons (Fsp3) is 0.429. The first kappa shape index (κ1) is 11.4. The van der Waals surface area contributed by atoms with Crippen LogP contribution < -0.4 is 10.6 Å². The van der Waals surface area contributed by atoms with E-state index >= 15 is 0 Å². The first-order chi connectivity index (χ1) is 7.09. The fourth-order valence-electron chi connectivity index (χ4n) is 0.711. The lowest BCUT2D eigenvalue weighted by Gasteiger charge is -2.07. The summed E-state index contributed by atoms with van der Waals surface area (Å²) in [7, 11) is 0. The minimum absolute atomic E-state index is 0.0768. The van der Waals surface area contributed by atoms with Gasteiger partial charge >= 0.3 is 12.0 Å². The summed E-state index contributed by atoms with van der Waals surface area (Å²) in [6.07, 6.45) is 1.41. The summed E-state index contributed by atoms with van der Waals surface area (Å²) < 4.78 is 3.55. The fourth-order valence-corrected chi connectivity index (χ4v) is 1.13. The molecule has 1 rings (SSSR count). The van der Waals surface area contributed by atoms with Crippen molar-refractivity contribution in [2.45, 2.75) is 6.92 Å². The Labute approximate surface area is 89.7 Å². The Morgan fingerprint density at radius 2 is 2.40 bits per heavy atom. The third kappa shape index (κ3) is 3.90. The predicted molar refractivity (Wildman–Crippen MR) is 53.7 cm³/mol. The second-order valence-corrected chi connectivity index (χ2v) is 3.64. The number of carboxylic acid groups (broad SMARTS) is 1. The number of amides is 2. The van der Waals surface area contributed by atoms with Gasteiger partial charge in [-0.2, -0.15) is 0 Å². The molecule has 0 saturated heterocycles. The molecule has 0 aliphatic heterocycles. The maximum Gasteiger partial charge on any atom is 0.319 e. The van der Waals surface area contributed by atoms with Crippen LogP contribution >= 0.6 is 11.5 Å². The van der Waals surface area contributed by atoms with Gasteiger partial charge in [-0.15, -0.1) is 5.10 Å². The van der Waals surface area contributed by atoms with Crippen LogP contribution in [0.3, 0.4) is 0 Å². The number of anilines is 1. The third-order valence-electron chi connectivity index (χ3n) is 1.59. The first-order valence-corrected chi connectivity index (χ1v) is 4.92. The van der Waals surface area contributed by atoms with E-state index in [1.165, 1.54) is 13.1 Å². The molecule has 0 aliphatic carbocycles. The second kappa shape index (κ2) is 5.25. The van der Waals surface area contributed by atoms with E-state index < -0.39 is 17.9 Å². The zero-order valence-corrected chi connectivity index (χ0v) is 8.74. The average Bonchev–Trinajstić information content (AvgIpc) is 2.66. The van der Waals surface area contributed by atoms with Crippen molar-refractivity contribution in [3.63, 3.8) is 0 Å². The Morgan fingerprint density at radius 3 is 2.93 bits per heavy atom. The first-order valence-electron chi connectivity index (χ1n) is 4.14. The van der Waals surface area contributed by atoms with E-state index in [0.29, 0.717) is 5.00 Å². The monoisotopic (exact) mass is 230 g/mol. The number of urea groups is 1. The van der Waals surface area contributed by atoms with Crippen molar-refractivity contribution in [3.8, 4) is 0 Å². The summed E-state index contributed by atoms with van der Waals surface area (Å²) in [5, 5.41) is 17.5. The highest BCUT2D eigenvalue weighted by atomic mass is 32.1.